The van der Waals surface area contributed by atoms with Gasteiger partial charge in [0.2, 0.25) is 0 Å². The molecular formula is C23H40O. The second kappa shape index (κ2) is 14.4. The van der Waals surface area contributed by atoms with Crippen LogP contribution in [0.3, 0.4) is 0 Å². The second-order valence-corrected chi connectivity index (χ2v) is 7.30. The third kappa shape index (κ3) is 9.35. The van der Waals surface area contributed by atoms with E-state index < -0.39 is 0 Å². The van der Waals surface area contributed by atoms with Gasteiger partial charge >= 0.3 is 0 Å². The van der Waals surface area contributed by atoms with E-state index in [-0.39, 0.29) is 0 Å². The lowest BCUT2D eigenvalue weighted by atomic mass is 9.95. The van der Waals surface area contributed by atoms with Crippen molar-refractivity contribution in [1.29, 1.82) is 0 Å². The fourth-order valence-electron chi connectivity index (χ4n) is 3.50. The Hall–Kier alpha value is -0.980. The minimum atomic E-state index is 0.518. The Kier molecular flexibility index (Phi) is 12.6. The molecule has 1 aromatic rings. The van der Waals surface area contributed by atoms with Crippen molar-refractivity contribution >= 4 is 0 Å². The first-order valence-electron chi connectivity index (χ1n) is 10.6. The molecule has 0 spiro atoms. The first kappa shape index (κ1) is 21.1. The molecule has 0 aliphatic carbocycles. The molecule has 0 aliphatic rings. The summed E-state index contributed by atoms with van der Waals surface area (Å²) >= 11 is 0. The van der Waals surface area contributed by atoms with Crippen LogP contribution in [0.25, 0.3) is 0 Å². The number of aromatic hydroxyl groups is 1. The van der Waals surface area contributed by atoms with E-state index in [1.165, 1.54) is 94.6 Å². The molecule has 0 amide bonds. The lowest BCUT2D eigenvalue weighted by Gasteiger charge is -2.12. The molecule has 0 saturated heterocycles. The average Bonchev–Trinajstić information content (AvgIpc) is 2.59. The number of benzene rings is 1. The zero-order chi connectivity index (χ0) is 17.5. The van der Waals surface area contributed by atoms with Gasteiger partial charge in [0.1, 0.15) is 5.75 Å². The third-order valence-corrected chi connectivity index (χ3v) is 5.08. The molecule has 1 nitrogen and oxygen atoms in total. The minimum Gasteiger partial charge on any atom is -0.508 e. The van der Waals surface area contributed by atoms with Gasteiger partial charge in [0.15, 0.2) is 0 Å². The van der Waals surface area contributed by atoms with Gasteiger partial charge in [-0.05, 0) is 42.9 Å². The largest absolute Gasteiger partial charge is 0.508 e. The van der Waals surface area contributed by atoms with Gasteiger partial charge in [0.05, 0.1) is 0 Å². The molecule has 0 atom stereocenters. The smallest absolute Gasteiger partial charge is 0.119 e. The van der Waals surface area contributed by atoms with Crippen LogP contribution >= 0.6 is 0 Å². The minimum absolute atomic E-state index is 0.518. The standard InChI is InChI=1S/C23H40O/c1-3-5-7-9-10-11-13-15-19-22-21(18-16-20-23(22)24)17-14-12-8-6-4-2/h16,18,20,24H,3-15,17,19H2,1-2H3. The van der Waals surface area contributed by atoms with Crippen molar-refractivity contribution in [1.82, 2.24) is 0 Å². The van der Waals surface area contributed by atoms with Crippen LogP contribution in [-0.4, -0.2) is 5.11 Å². The van der Waals surface area contributed by atoms with E-state index >= 15 is 0 Å². The van der Waals surface area contributed by atoms with Crippen LogP contribution in [0.5, 0.6) is 5.75 Å². The van der Waals surface area contributed by atoms with Crippen LogP contribution in [0.15, 0.2) is 18.2 Å². The van der Waals surface area contributed by atoms with Gasteiger partial charge in [-0.25, -0.2) is 0 Å². The maximum absolute atomic E-state index is 10.2. The van der Waals surface area contributed by atoms with E-state index in [2.05, 4.69) is 19.9 Å². The summed E-state index contributed by atoms with van der Waals surface area (Å²) in [5.74, 6) is 0.518. The number of hydrogen-bond donors (Lipinski definition) is 1. The lowest BCUT2D eigenvalue weighted by molar-refractivity contribution is 0.464. The fourth-order valence-corrected chi connectivity index (χ4v) is 3.50. The van der Waals surface area contributed by atoms with E-state index in [4.69, 9.17) is 0 Å². The summed E-state index contributed by atoms with van der Waals surface area (Å²) in [5.41, 5.74) is 2.61. The van der Waals surface area contributed by atoms with Gasteiger partial charge < -0.3 is 5.11 Å². The molecule has 0 fully saturated rings. The molecule has 1 N–H and O–H groups in total. The molecule has 0 heterocycles. The van der Waals surface area contributed by atoms with Gasteiger partial charge in [-0.2, -0.15) is 0 Å². The molecule has 0 radical (unpaired) electrons. The number of phenolic OH excluding ortho intramolecular Hbond substituents is 1. The van der Waals surface area contributed by atoms with Crippen LogP contribution in [0.1, 0.15) is 108 Å². The van der Waals surface area contributed by atoms with Crippen molar-refractivity contribution in [2.24, 2.45) is 0 Å². The fraction of sp³-hybridized carbons (Fsp3) is 0.739. The summed E-state index contributed by atoms with van der Waals surface area (Å²) in [7, 11) is 0. The Morgan fingerprint density at radius 1 is 0.625 bits per heavy atom. The maximum atomic E-state index is 10.2. The molecule has 0 aromatic heterocycles. The SMILES string of the molecule is CCCCCCCCCCc1c(O)cccc1CCCCCCC. The number of hydrogen-bond acceptors (Lipinski definition) is 1. The zero-order valence-corrected chi connectivity index (χ0v) is 16.3. The van der Waals surface area contributed by atoms with Gasteiger partial charge in [0, 0.05) is 0 Å². The highest BCUT2D eigenvalue weighted by Crippen LogP contribution is 2.25. The van der Waals surface area contributed by atoms with E-state index in [1.54, 1.807) is 0 Å². The molecule has 0 unspecified atom stereocenters. The average molecular weight is 333 g/mol. The van der Waals surface area contributed by atoms with Crippen molar-refractivity contribution in [3.05, 3.63) is 29.3 Å². The molecule has 138 valence electrons. The highest BCUT2D eigenvalue weighted by atomic mass is 16.3. The molecule has 0 bridgehead atoms. The highest BCUT2D eigenvalue weighted by Gasteiger charge is 2.07. The molecule has 1 rings (SSSR count). The number of aryl methyl sites for hydroxylation is 1. The van der Waals surface area contributed by atoms with Crippen LogP contribution in [0.4, 0.5) is 0 Å². The molecule has 1 heteroatoms. The van der Waals surface area contributed by atoms with E-state index in [1.807, 2.05) is 12.1 Å². The van der Waals surface area contributed by atoms with Crippen LogP contribution in [0.2, 0.25) is 0 Å². The Bertz CT molecular complexity index is 410. The van der Waals surface area contributed by atoms with Crippen LogP contribution in [-0.2, 0) is 12.8 Å². The summed E-state index contributed by atoms with van der Waals surface area (Å²) in [6, 6.07) is 6.09. The molecule has 0 aliphatic heterocycles. The van der Waals surface area contributed by atoms with Gasteiger partial charge in [-0.3, -0.25) is 0 Å². The summed E-state index contributed by atoms with van der Waals surface area (Å²) in [6.07, 6.45) is 19.5. The highest BCUT2D eigenvalue weighted by molar-refractivity contribution is 5.39. The first-order valence-corrected chi connectivity index (χ1v) is 10.6. The lowest BCUT2D eigenvalue weighted by Crippen LogP contribution is -1.96. The number of phenols is 1. The summed E-state index contributed by atoms with van der Waals surface area (Å²) < 4.78 is 0. The maximum Gasteiger partial charge on any atom is 0.119 e. The summed E-state index contributed by atoms with van der Waals surface area (Å²) in [4.78, 5) is 0. The second-order valence-electron chi connectivity index (χ2n) is 7.30. The molecular weight excluding hydrogens is 292 g/mol. The molecule has 0 saturated carbocycles. The Morgan fingerprint density at radius 3 is 1.71 bits per heavy atom. The first-order chi connectivity index (χ1) is 11.8. The van der Waals surface area contributed by atoms with E-state index in [0.29, 0.717) is 5.75 Å². The Labute approximate surface area is 150 Å². The van der Waals surface area contributed by atoms with Crippen molar-refractivity contribution < 1.29 is 5.11 Å². The van der Waals surface area contributed by atoms with Crippen LogP contribution < -0.4 is 0 Å². The van der Waals surface area contributed by atoms with Gasteiger partial charge in [-0.1, -0.05) is 96.6 Å². The number of unbranched alkanes of at least 4 members (excludes halogenated alkanes) is 11. The van der Waals surface area contributed by atoms with Crippen molar-refractivity contribution in [3.63, 3.8) is 0 Å². The summed E-state index contributed by atoms with van der Waals surface area (Å²) in [5, 5.41) is 10.2. The predicted molar refractivity (Wildman–Crippen MR) is 107 cm³/mol. The quantitative estimate of drug-likeness (QED) is 0.328. The topological polar surface area (TPSA) is 20.2 Å². The molecule has 24 heavy (non-hydrogen) atoms. The normalized spacial score (nSPS) is 11.1. The van der Waals surface area contributed by atoms with Crippen molar-refractivity contribution in [3.8, 4) is 5.75 Å². The Morgan fingerprint density at radius 2 is 1.12 bits per heavy atom. The van der Waals surface area contributed by atoms with E-state index in [0.717, 1.165) is 12.8 Å². The van der Waals surface area contributed by atoms with Crippen molar-refractivity contribution in [2.75, 3.05) is 0 Å². The molecule has 1 aromatic carbocycles. The summed E-state index contributed by atoms with van der Waals surface area (Å²) in [6.45, 7) is 4.53. The zero-order valence-electron chi connectivity index (χ0n) is 16.3. The third-order valence-electron chi connectivity index (χ3n) is 5.08. The van der Waals surface area contributed by atoms with E-state index in [9.17, 15) is 5.11 Å². The van der Waals surface area contributed by atoms with Crippen LogP contribution in [0, 0.1) is 0 Å². The monoisotopic (exact) mass is 332 g/mol. The Balaban J connectivity index is 2.27. The predicted octanol–water partition coefficient (Wildman–Crippen LogP) is 7.59. The van der Waals surface area contributed by atoms with Gasteiger partial charge in [-0.15, -0.1) is 0 Å². The number of rotatable bonds is 15. The van der Waals surface area contributed by atoms with Gasteiger partial charge in [0.25, 0.3) is 0 Å². The van der Waals surface area contributed by atoms with Crippen molar-refractivity contribution in [2.45, 2.75) is 110 Å².